The predicted octanol–water partition coefficient (Wildman–Crippen LogP) is 0.738. The van der Waals surface area contributed by atoms with E-state index in [0.29, 0.717) is 0 Å². The van der Waals surface area contributed by atoms with Gasteiger partial charge in [0.15, 0.2) is 0 Å². The van der Waals surface area contributed by atoms with Crippen molar-refractivity contribution in [3.8, 4) is 0 Å². The molecule has 2 atom stereocenters. The molecule has 9 heteroatoms. The van der Waals surface area contributed by atoms with Gasteiger partial charge in [0.1, 0.15) is 12.1 Å². The first-order valence-electron chi connectivity index (χ1n) is 7.67. The van der Waals surface area contributed by atoms with Gasteiger partial charge in [0.25, 0.3) is 0 Å². The molecule has 140 valence electrons. The van der Waals surface area contributed by atoms with E-state index in [1.807, 2.05) is 0 Å². The van der Waals surface area contributed by atoms with Crippen LogP contribution < -0.4 is 10.0 Å². The molecular formula is C16H24N2O6S. The predicted molar refractivity (Wildman–Crippen MR) is 91.5 cm³/mol. The minimum atomic E-state index is -3.97. The minimum Gasteiger partial charge on any atom is -0.480 e. The molecule has 1 aromatic carbocycles. The average molecular weight is 372 g/mol. The van der Waals surface area contributed by atoms with E-state index in [2.05, 4.69) is 10.0 Å². The van der Waals surface area contributed by atoms with Gasteiger partial charge in [-0.3, -0.25) is 9.59 Å². The van der Waals surface area contributed by atoms with E-state index in [9.17, 15) is 18.0 Å². The normalized spacial score (nSPS) is 14.6. The lowest BCUT2D eigenvalue weighted by atomic mass is 10.2. The van der Waals surface area contributed by atoms with Gasteiger partial charge < -0.3 is 15.2 Å². The highest BCUT2D eigenvalue weighted by molar-refractivity contribution is 7.89. The molecule has 1 aromatic rings. The van der Waals surface area contributed by atoms with Gasteiger partial charge in [-0.25, -0.2) is 8.42 Å². The van der Waals surface area contributed by atoms with Crippen LogP contribution in [0.4, 0.5) is 0 Å². The van der Waals surface area contributed by atoms with Crippen LogP contribution in [-0.2, 0) is 24.3 Å². The second-order valence-corrected chi connectivity index (χ2v) is 8.19. The van der Waals surface area contributed by atoms with Crippen LogP contribution in [0.3, 0.4) is 0 Å². The van der Waals surface area contributed by atoms with Gasteiger partial charge in [0.05, 0.1) is 17.1 Å². The maximum absolute atomic E-state index is 12.4. The van der Waals surface area contributed by atoms with Gasteiger partial charge in [-0.15, -0.1) is 0 Å². The Hall–Kier alpha value is -1.97. The van der Waals surface area contributed by atoms with Crippen molar-refractivity contribution < 1.29 is 27.9 Å². The first-order valence-corrected chi connectivity index (χ1v) is 9.15. The topological polar surface area (TPSA) is 122 Å². The third-order valence-corrected chi connectivity index (χ3v) is 4.57. The average Bonchev–Trinajstić information content (AvgIpc) is 2.51. The fraction of sp³-hybridized carbons (Fsp3) is 0.500. The molecule has 0 aliphatic carbocycles. The Balaban J connectivity index is 2.97. The summed E-state index contributed by atoms with van der Waals surface area (Å²) in [5.74, 6) is -2.01. The van der Waals surface area contributed by atoms with Crippen molar-refractivity contribution >= 4 is 21.9 Å². The zero-order valence-electron chi connectivity index (χ0n) is 14.6. The van der Waals surface area contributed by atoms with Crippen molar-refractivity contribution in [1.82, 2.24) is 10.0 Å². The summed E-state index contributed by atoms with van der Waals surface area (Å²) < 4.78 is 32.6. The van der Waals surface area contributed by atoms with Crippen molar-refractivity contribution in [3.05, 3.63) is 30.3 Å². The van der Waals surface area contributed by atoms with E-state index in [-0.39, 0.29) is 11.5 Å². The van der Waals surface area contributed by atoms with Crippen molar-refractivity contribution in [3.63, 3.8) is 0 Å². The third-order valence-electron chi connectivity index (χ3n) is 3.08. The zero-order chi connectivity index (χ0) is 19.3. The molecule has 0 unspecified atom stereocenters. The number of hydrogen-bond donors (Lipinski definition) is 3. The molecule has 0 fully saturated rings. The summed E-state index contributed by atoms with van der Waals surface area (Å²) in [7, 11) is -3.97. The Labute approximate surface area is 147 Å². The van der Waals surface area contributed by atoms with Crippen LogP contribution in [-0.4, -0.2) is 49.7 Å². The number of sulfonamides is 1. The van der Waals surface area contributed by atoms with Crippen LogP contribution in [0.25, 0.3) is 0 Å². The molecule has 1 amide bonds. The summed E-state index contributed by atoms with van der Waals surface area (Å²) in [6.45, 7) is 6.32. The van der Waals surface area contributed by atoms with Gasteiger partial charge in [-0.05, 0) is 39.8 Å². The lowest BCUT2D eigenvalue weighted by Crippen LogP contribution is -2.53. The Morgan fingerprint density at radius 3 is 2.24 bits per heavy atom. The van der Waals surface area contributed by atoms with Gasteiger partial charge in [0, 0.05) is 0 Å². The van der Waals surface area contributed by atoms with E-state index in [0.717, 1.165) is 0 Å². The molecule has 0 saturated carbocycles. The van der Waals surface area contributed by atoms with E-state index >= 15 is 0 Å². The van der Waals surface area contributed by atoms with Crippen LogP contribution in [0.1, 0.15) is 27.7 Å². The minimum absolute atomic E-state index is 0.00478. The number of nitrogens with one attached hydrogen (secondary N) is 2. The first kappa shape index (κ1) is 21.1. The van der Waals surface area contributed by atoms with Gasteiger partial charge >= 0.3 is 5.97 Å². The number of carboxylic acid groups (broad SMARTS) is 1. The molecule has 0 radical (unpaired) electrons. The summed E-state index contributed by atoms with van der Waals surface area (Å²) in [6.07, 6.45) is 0. The van der Waals surface area contributed by atoms with Gasteiger partial charge in [-0.1, -0.05) is 18.2 Å². The summed E-state index contributed by atoms with van der Waals surface area (Å²) >= 11 is 0. The summed E-state index contributed by atoms with van der Waals surface area (Å²) in [6, 6.07) is 5.13. The largest absolute Gasteiger partial charge is 0.480 e. The number of carbonyl (C=O) groups excluding carboxylic acids is 1. The smallest absolute Gasteiger partial charge is 0.325 e. The monoisotopic (exact) mass is 372 g/mol. The highest BCUT2D eigenvalue weighted by atomic mass is 32.2. The summed E-state index contributed by atoms with van der Waals surface area (Å²) in [4.78, 5) is 23.2. The third kappa shape index (κ3) is 7.20. The van der Waals surface area contributed by atoms with Crippen LogP contribution in [0, 0.1) is 0 Å². The van der Waals surface area contributed by atoms with E-state index in [4.69, 9.17) is 9.84 Å². The molecule has 8 nitrogen and oxygen atoms in total. The molecule has 0 spiro atoms. The SMILES string of the molecule is C[C@H](NC(=O)[C@@H](COC(C)(C)C)NS(=O)(=O)c1ccccc1)C(=O)O. The fourth-order valence-corrected chi connectivity index (χ4v) is 2.93. The lowest BCUT2D eigenvalue weighted by Gasteiger charge is -2.25. The molecule has 25 heavy (non-hydrogen) atoms. The number of aliphatic carboxylic acids is 1. The van der Waals surface area contributed by atoms with Crippen molar-refractivity contribution in [2.45, 2.75) is 50.3 Å². The Morgan fingerprint density at radius 1 is 1.20 bits per heavy atom. The van der Waals surface area contributed by atoms with Crippen molar-refractivity contribution in [1.29, 1.82) is 0 Å². The number of rotatable bonds is 8. The Morgan fingerprint density at radius 2 is 1.76 bits per heavy atom. The summed E-state index contributed by atoms with van der Waals surface area (Å²) in [5.41, 5.74) is -0.602. The number of benzene rings is 1. The second-order valence-electron chi connectivity index (χ2n) is 6.48. The highest BCUT2D eigenvalue weighted by Crippen LogP contribution is 2.11. The molecule has 0 aliphatic rings. The number of hydrogen-bond acceptors (Lipinski definition) is 5. The van der Waals surface area contributed by atoms with Crippen molar-refractivity contribution in [2.24, 2.45) is 0 Å². The maximum Gasteiger partial charge on any atom is 0.325 e. The van der Waals surface area contributed by atoms with E-state index in [1.165, 1.54) is 19.1 Å². The van der Waals surface area contributed by atoms with Crippen molar-refractivity contribution in [2.75, 3.05) is 6.61 Å². The maximum atomic E-state index is 12.4. The standard InChI is InChI=1S/C16H24N2O6S/c1-11(15(20)21)17-14(19)13(10-24-16(2,3)4)18-25(22,23)12-8-6-5-7-9-12/h5-9,11,13,18H,10H2,1-4H3,(H,17,19)(H,20,21)/t11-,13+/m0/s1. The number of amides is 1. The second kappa shape index (κ2) is 8.41. The lowest BCUT2D eigenvalue weighted by molar-refractivity contribution is -0.142. The first-order chi connectivity index (χ1) is 11.4. The zero-order valence-corrected chi connectivity index (χ0v) is 15.5. The van der Waals surface area contributed by atoms with E-state index in [1.54, 1.807) is 39.0 Å². The van der Waals surface area contributed by atoms with Crippen LogP contribution in [0.15, 0.2) is 35.2 Å². The molecule has 0 bridgehead atoms. The summed E-state index contributed by atoms with van der Waals surface area (Å²) in [5, 5.41) is 11.1. The number of carbonyl (C=O) groups is 2. The molecule has 1 rings (SSSR count). The van der Waals surface area contributed by atoms with E-state index < -0.39 is 39.6 Å². The Kier molecular flexibility index (Phi) is 7.09. The fourth-order valence-electron chi connectivity index (χ4n) is 1.73. The van der Waals surface area contributed by atoms with Crippen LogP contribution in [0.5, 0.6) is 0 Å². The quantitative estimate of drug-likeness (QED) is 0.619. The molecule has 0 heterocycles. The van der Waals surface area contributed by atoms with Gasteiger partial charge in [0.2, 0.25) is 15.9 Å². The highest BCUT2D eigenvalue weighted by Gasteiger charge is 2.29. The molecular weight excluding hydrogens is 348 g/mol. The molecule has 0 aromatic heterocycles. The number of ether oxygens (including phenoxy) is 1. The molecule has 0 aliphatic heterocycles. The van der Waals surface area contributed by atoms with Gasteiger partial charge in [-0.2, -0.15) is 4.72 Å². The molecule has 0 saturated heterocycles. The van der Waals surface area contributed by atoms with Crippen LogP contribution >= 0.6 is 0 Å². The van der Waals surface area contributed by atoms with Crippen LogP contribution in [0.2, 0.25) is 0 Å². The molecule has 3 N–H and O–H groups in total. The number of carboxylic acids is 1. The Bertz CT molecular complexity index is 697.